The van der Waals surface area contributed by atoms with E-state index in [-0.39, 0.29) is 29.4 Å². The van der Waals surface area contributed by atoms with Crippen molar-refractivity contribution < 1.29 is 28.2 Å². The lowest BCUT2D eigenvalue weighted by Gasteiger charge is -2.09. The lowest BCUT2D eigenvalue weighted by Crippen LogP contribution is -2.27. The van der Waals surface area contributed by atoms with Crippen molar-refractivity contribution in [3.63, 3.8) is 0 Å². The summed E-state index contributed by atoms with van der Waals surface area (Å²) in [6.07, 6.45) is 1.40. The van der Waals surface area contributed by atoms with E-state index in [2.05, 4.69) is 21.2 Å². The number of methoxy groups -OCH3 is 2. The zero-order valence-electron chi connectivity index (χ0n) is 15.2. The highest BCUT2D eigenvalue weighted by molar-refractivity contribution is 9.10. The van der Waals surface area contributed by atoms with Gasteiger partial charge in [-0.15, -0.1) is 0 Å². The third-order valence-corrected chi connectivity index (χ3v) is 3.86. The minimum Gasteiger partial charge on any atom is -0.493 e. The number of hydrogen-bond acceptors (Lipinski definition) is 7. The Hall–Kier alpha value is -3.09. The van der Waals surface area contributed by atoms with E-state index >= 15 is 0 Å². The summed E-state index contributed by atoms with van der Waals surface area (Å²) in [6.45, 7) is 0.625. The van der Waals surface area contributed by atoms with Crippen LogP contribution in [0.4, 0.5) is 0 Å². The Morgan fingerprint density at radius 1 is 1.25 bits per heavy atom. The first-order valence-electron chi connectivity index (χ1n) is 8.03. The second-order valence-corrected chi connectivity index (χ2v) is 6.10. The van der Waals surface area contributed by atoms with E-state index in [9.17, 15) is 14.9 Å². The molecule has 1 N–H and O–H groups in total. The van der Waals surface area contributed by atoms with Crippen LogP contribution < -0.4 is 14.8 Å². The van der Waals surface area contributed by atoms with Gasteiger partial charge in [-0.25, -0.2) is 4.79 Å². The van der Waals surface area contributed by atoms with E-state index in [0.29, 0.717) is 16.8 Å². The molecule has 0 aliphatic heterocycles. The van der Waals surface area contributed by atoms with Crippen molar-refractivity contribution in [2.45, 2.75) is 0 Å². The smallest absolute Gasteiger partial charge is 0.379 e. The lowest BCUT2D eigenvalue weighted by atomic mass is 10.1. The van der Waals surface area contributed by atoms with Gasteiger partial charge in [-0.1, -0.05) is 6.07 Å². The lowest BCUT2D eigenvalue weighted by molar-refractivity contribution is -0.117. The molecule has 1 aromatic heterocycles. The SMILES string of the molecule is COCCNC(=O)/C(C#N)=C/c1ccc(OC(=O)c2ccc(Br)o2)c(OC)c1. The molecule has 8 nitrogen and oxygen atoms in total. The van der Waals surface area contributed by atoms with Crippen molar-refractivity contribution in [1.29, 1.82) is 5.26 Å². The third kappa shape index (κ3) is 5.70. The minimum atomic E-state index is -0.692. The fourth-order valence-corrected chi connectivity index (χ4v) is 2.42. The van der Waals surface area contributed by atoms with Crippen LogP contribution >= 0.6 is 15.9 Å². The van der Waals surface area contributed by atoms with Crippen molar-refractivity contribution in [3.8, 4) is 17.6 Å². The second-order valence-electron chi connectivity index (χ2n) is 5.32. The number of esters is 1. The molecule has 0 bridgehead atoms. The van der Waals surface area contributed by atoms with Crippen LogP contribution in [-0.2, 0) is 9.53 Å². The number of hydrogen-bond donors (Lipinski definition) is 1. The van der Waals surface area contributed by atoms with Crippen LogP contribution in [-0.4, -0.2) is 39.2 Å². The van der Waals surface area contributed by atoms with Crippen molar-refractivity contribution in [1.82, 2.24) is 5.32 Å². The Morgan fingerprint density at radius 3 is 2.64 bits per heavy atom. The average molecular weight is 449 g/mol. The van der Waals surface area contributed by atoms with E-state index in [1.165, 1.54) is 32.4 Å². The van der Waals surface area contributed by atoms with Gasteiger partial charge in [0.25, 0.3) is 5.91 Å². The second kappa shape index (κ2) is 10.3. The molecule has 0 fully saturated rings. The molecule has 146 valence electrons. The van der Waals surface area contributed by atoms with Gasteiger partial charge in [-0.2, -0.15) is 5.26 Å². The zero-order chi connectivity index (χ0) is 20.5. The monoisotopic (exact) mass is 448 g/mol. The third-order valence-electron chi connectivity index (χ3n) is 3.43. The van der Waals surface area contributed by atoms with Gasteiger partial charge >= 0.3 is 5.97 Å². The average Bonchev–Trinajstić information content (AvgIpc) is 3.13. The summed E-state index contributed by atoms with van der Waals surface area (Å²) in [7, 11) is 2.92. The molecular weight excluding hydrogens is 432 g/mol. The van der Waals surface area contributed by atoms with Crippen LogP contribution in [0.5, 0.6) is 11.5 Å². The normalized spacial score (nSPS) is 10.9. The predicted molar refractivity (Wildman–Crippen MR) is 103 cm³/mol. The number of nitrogens with zero attached hydrogens (tertiary/aromatic N) is 1. The van der Waals surface area contributed by atoms with Gasteiger partial charge in [0.15, 0.2) is 16.2 Å². The van der Waals surface area contributed by atoms with E-state index in [0.717, 1.165) is 0 Å². The number of furan rings is 1. The Balaban J connectivity index is 2.18. The number of carbonyl (C=O) groups excluding carboxylic acids is 2. The summed E-state index contributed by atoms with van der Waals surface area (Å²) >= 11 is 3.11. The molecule has 9 heteroatoms. The highest BCUT2D eigenvalue weighted by Gasteiger charge is 2.16. The number of carbonyl (C=O) groups is 2. The fourth-order valence-electron chi connectivity index (χ4n) is 2.11. The zero-order valence-corrected chi connectivity index (χ0v) is 16.7. The summed E-state index contributed by atoms with van der Waals surface area (Å²) in [5, 5.41) is 11.8. The molecule has 0 spiro atoms. The Labute approximate surface area is 169 Å². The Kier molecular flexibility index (Phi) is 7.80. The van der Waals surface area contributed by atoms with Gasteiger partial charge in [0.1, 0.15) is 11.6 Å². The summed E-state index contributed by atoms with van der Waals surface area (Å²) in [5.41, 5.74) is 0.444. The van der Waals surface area contributed by atoms with Crippen LogP contribution in [0.2, 0.25) is 0 Å². The van der Waals surface area contributed by atoms with Crippen LogP contribution in [0, 0.1) is 11.3 Å². The van der Waals surface area contributed by atoms with Crippen molar-refractivity contribution >= 4 is 33.9 Å². The van der Waals surface area contributed by atoms with Gasteiger partial charge in [0.2, 0.25) is 5.76 Å². The van der Waals surface area contributed by atoms with E-state index < -0.39 is 11.9 Å². The van der Waals surface area contributed by atoms with E-state index in [1.807, 2.05) is 6.07 Å². The number of halogens is 1. The first kappa shape index (κ1) is 21.2. The van der Waals surface area contributed by atoms with Gasteiger partial charge < -0.3 is 23.9 Å². The van der Waals surface area contributed by atoms with Crippen LogP contribution in [0.25, 0.3) is 6.08 Å². The first-order chi connectivity index (χ1) is 13.5. The maximum atomic E-state index is 12.1. The number of amides is 1. The quantitative estimate of drug-likeness (QED) is 0.217. The van der Waals surface area contributed by atoms with Crippen molar-refractivity contribution in [3.05, 3.63) is 51.9 Å². The number of benzene rings is 1. The molecule has 0 atom stereocenters. The molecule has 0 aliphatic carbocycles. The predicted octanol–water partition coefficient (Wildman–Crippen LogP) is 2.94. The minimum absolute atomic E-state index is 0.0254. The van der Waals surface area contributed by atoms with E-state index in [1.54, 1.807) is 18.2 Å². The van der Waals surface area contributed by atoms with Crippen LogP contribution in [0.15, 0.2) is 45.0 Å². The number of ether oxygens (including phenoxy) is 3. The molecule has 0 saturated heterocycles. The molecule has 1 heterocycles. The molecule has 0 aliphatic rings. The molecule has 28 heavy (non-hydrogen) atoms. The number of nitrogens with one attached hydrogen (secondary N) is 1. The Bertz CT molecular complexity index is 929. The van der Waals surface area contributed by atoms with E-state index in [4.69, 9.17) is 18.6 Å². The fraction of sp³-hybridized carbons (Fsp3) is 0.211. The molecule has 1 aromatic carbocycles. The molecule has 2 rings (SSSR count). The van der Waals surface area contributed by atoms with Gasteiger partial charge in [0, 0.05) is 13.7 Å². The van der Waals surface area contributed by atoms with Gasteiger partial charge in [0.05, 0.1) is 13.7 Å². The van der Waals surface area contributed by atoms with Crippen molar-refractivity contribution in [2.75, 3.05) is 27.4 Å². The number of nitriles is 1. The van der Waals surface area contributed by atoms with Crippen LogP contribution in [0.3, 0.4) is 0 Å². The summed E-state index contributed by atoms with van der Waals surface area (Å²) in [4.78, 5) is 24.1. The number of rotatable bonds is 8. The molecule has 0 unspecified atom stereocenters. The maximum Gasteiger partial charge on any atom is 0.379 e. The Morgan fingerprint density at radius 2 is 2.04 bits per heavy atom. The topological polar surface area (TPSA) is 111 Å². The molecule has 2 aromatic rings. The van der Waals surface area contributed by atoms with Crippen molar-refractivity contribution in [2.24, 2.45) is 0 Å². The highest BCUT2D eigenvalue weighted by Crippen LogP contribution is 2.30. The summed E-state index contributed by atoms with van der Waals surface area (Å²) in [6, 6.07) is 9.52. The summed E-state index contributed by atoms with van der Waals surface area (Å²) in [5.74, 6) is -0.762. The maximum absolute atomic E-state index is 12.1. The summed E-state index contributed by atoms with van der Waals surface area (Å²) < 4.78 is 20.9. The van der Waals surface area contributed by atoms with Crippen LogP contribution in [0.1, 0.15) is 16.1 Å². The standard InChI is InChI=1S/C19H17BrN2O6/c1-25-8-7-22-18(23)13(11-21)9-12-3-4-14(16(10-12)26-2)28-19(24)15-5-6-17(20)27-15/h3-6,9-10H,7-8H2,1-2H3,(H,22,23)/b13-9+. The largest absolute Gasteiger partial charge is 0.493 e. The first-order valence-corrected chi connectivity index (χ1v) is 8.82. The molecule has 1 amide bonds. The van der Waals surface area contributed by atoms with Gasteiger partial charge in [-0.3, -0.25) is 4.79 Å². The van der Waals surface area contributed by atoms with Gasteiger partial charge in [-0.05, 0) is 51.8 Å². The molecular formula is C19H17BrN2O6. The molecule has 0 radical (unpaired) electrons. The molecule has 0 saturated carbocycles. The highest BCUT2D eigenvalue weighted by atomic mass is 79.9.